The van der Waals surface area contributed by atoms with E-state index in [1.807, 2.05) is 20.8 Å². The summed E-state index contributed by atoms with van der Waals surface area (Å²) >= 11 is 0. The number of hydrogen-bond donors (Lipinski definition) is 2. The molecule has 3 unspecified atom stereocenters. The molecule has 1 aliphatic carbocycles. The summed E-state index contributed by atoms with van der Waals surface area (Å²) in [6.45, 7) is 5.94. The first kappa shape index (κ1) is 11.0. The van der Waals surface area contributed by atoms with Crippen LogP contribution in [0.15, 0.2) is 0 Å². The molecule has 0 aromatic heterocycles. The van der Waals surface area contributed by atoms with Crippen LogP contribution in [0.25, 0.3) is 0 Å². The van der Waals surface area contributed by atoms with E-state index in [9.17, 15) is 10.2 Å². The van der Waals surface area contributed by atoms with Gasteiger partial charge in [-0.2, -0.15) is 0 Å². The first-order valence-electron chi connectivity index (χ1n) is 5.34. The van der Waals surface area contributed by atoms with Crippen LogP contribution in [0.4, 0.5) is 0 Å². The summed E-state index contributed by atoms with van der Waals surface area (Å²) in [4.78, 5) is 0. The van der Waals surface area contributed by atoms with Crippen molar-refractivity contribution >= 4 is 0 Å². The Morgan fingerprint density at radius 2 is 2.08 bits per heavy atom. The fraction of sp³-hybridized carbons (Fsp3) is 1.00. The quantitative estimate of drug-likeness (QED) is 0.707. The van der Waals surface area contributed by atoms with E-state index in [0.29, 0.717) is 11.8 Å². The SMILES string of the molecule is CC(C)C(O)CC1CCCC1(C)O. The molecule has 2 heteroatoms. The lowest BCUT2D eigenvalue weighted by atomic mass is 9.85. The van der Waals surface area contributed by atoms with Crippen LogP contribution in [-0.4, -0.2) is 21.9 Å². The van der Waals surface area contributed by atoms with Crippen LogP contribution in [0.3, 0.4) is 0 Å². The third kappa shape index (κ3) is 2.68. The third-order valence-electron chi connectivity index (χ3n) is 3.41. The highest BCUT2D eigenvalue weighted by molar-refractivity contribution is 4.89. The van der Waals surface area contributed by atoms with Gasteiger partial charge in [0.2, 0.25) is 0 Å². The molecule has 1 aliphatic rings. The van der Waals surface area contributed by atoms with Crippen LogP contribution in [0, 0.1) is 11.8 Å². The fourth-order valence-corrected chi connectivity index (χ4v) is 2.16. The standard InChI is InChI=1S/C11H22O2/c1-8(2)10(12)7-9-5-4-6-11(9,3)13/h8-10,12-13H,4-7H2,1-3H3. The van der Waals surface area contributed by atoms with E-state index in [1.165, 1.54) is 0 Å². The van der Waals surface area contributed by atoms with Crippen molar-refractivity contribution in [3.05, 3.63) is 0 Å². The summed E-state index contributed by atoms with van der Waals surface area (Å²) in [5.74, 6) is 0.598. The van der Waals surface area contributed by atoms with E-state index in [-0.39, 0.29) is 6.10 Å². The molecular weight excluding hydrogens is 164 g/mol. The Balaban J connectivity index is 2.45. The summed E-state index contributed by atoms with van der Waals surface area (Å²) < 4.78 is 0. The topological polar surface area (TPSA) is 40.5 Å². The zero-order valence-corrected chi connectivity index (χ0v) is 8.95. The Bertz CT molecular complexity index is 163. The van der Waals surface area contributed by atoms with Gasteiger partial charge in [0.05, 0.1) is 11.7 Å². The largest absolute Gasteiger partial charge is 0.393 e. The zero-order valence-electron chi connectivity index (χ0n) is 8.95. The van der Waals surface area contributed by atoms with Crippen molar-refractivity contribution in [2.24, 2.45) is 11.8 Å². The minimum Gasteiger partial charge on any atom is -0.393 e. The number of aliphatic hydroxyl groups excluding tert-OH is 1. The normalized spacial score (nSPS) is 36.9. The van der Waals surface area contributed by atoms with Gasteiger partial charge in [-0.25, -0.2) is 0 Å². The van der Waals surface area contributed by atoms with E-state index < -0.39 is 5.60 Å². The van der Waals surface area contributed by atoms with Crippen molar-refractivity contribution in [3.63, 3.8) is 0 Å². The van der Waals surface area contributed by atoms with Crippen molar-refractivity contribution in [1.82, 2.24) is 0 Å². The predicted molar refractivity (Wildman–Crippen MR) is 53.4 cm³/mol. The molecule has 3 atom stereocenters. The molecule has 0 aliphatic heterocycles. The van der Waals surface area contributed by atoms with Gasteiger partial charge in [-0.15, -0.1) is 0 Å². The minimum absolute atomic E-state index is 0.255. The van der Waals surface area contributed by atoms with Gasteiger partial charge in [0, 0.05) is 0 Å². The number of hydrogen-bond acceptors (Lipinski definition) is 2. The summed E-state index contributed by atoms with van der Waals surface area (Å²) in [6.07, 6.45) is 3.56. The van der Waals surface area contributed by atoms with Gasteiger partial charge in [-0.1, -0.05) is 20.3 Å². The first-order chi connectivity index (χ1) is 5.93. The van der Waals surface area contributed by atoms with Crippen LogP contribution in [0.2, 0.25) is 0 Å². The number of aliphatic hydroxyl groups is 2. The molecular formula is C11H22O2. The van der Waals surface area contributed by atoms with E-state index in [2.05, 4.69) is 0 Å². The van der Waals surface area contributed by atoms with Crippen LogP contribution in [0.1, 0.15) is 46.5 Å². The second kappa shape index (κ2) is 3.97. The lowest BCUT2D eigenvalue weighted by Crippen LogP contribution is -2.32. The highest BCUT2D eigenvalue weighted by Gasteiger charge is 2.37. The smallest absolute Gasteiger partial charge is 0.0648 e. The molecule has 2 nitrogen and oxygen atoms in total. The molecule has 0 saturated heterocycles. The second-order valence-corrected chi connectivity index (χ2v) is 4.99. The molecule has 1 rings (SSSR count). The molecule has 0 heterocycles. The van der Waals surface area contributed by atoms with Gasteiger partial charge in [-0.3, -0.25) is 0 Å². The third-order valence-corrected chi connectivity index (χ3v) is 3.41. The molecule has 0 aromatic carbocycles. The predicted octanol–water partition coefficient (Wildman–Crippen LogP) is 1.94. The molecule has 0 bridgehead atoms. The Hall–Kier alpha value is -0.0800. The Morgan fingerprint density at radius 1 is 1.46 bits per heavy atom. The van der Waals surface area contributed by atoms with E-state index in [4.69, 9.17) is 0 Å². The van der Waals surface area contributed by atoms with Gasteiger partial charge in [-0.05, 0) is 38.0 Å². The molecule has 1 fully saturated rings. The molecule has 0 amide bonds. The first-order valence-corrected chi connectivity index (χ1v) is 5.34. The Morgan fingerprint density at radius 3 is 2.46 bits per heavy atom. The van der Waals surface area contributed by atoms with Crippen LogP contribution >= 0.6 is 0 Å². The van der Waals surface area contributed by atoms with Gasteiger partial charge < -0.3 is 10.2 Å². The molecule has 0 aromatic rings. The van der Waals surface area contributed by atoms with Crippen LogP contribution in [0.5, 0.6) is 0 Å². The van der Waals surface area contributed by atoms with Gasteiger partial charge in [0.15, 0.2) is 0 Å². The summed E-state index contributed by atoms with van der Waals surface area (Å²) in [5.41, 5.74) is -0.532. The van der Waals surface area contributed by atoms with E-state index in [1.54, 1.807) is 0 Å². The van der Waals surface area contributed by atoms with Crippen molar-refractivity contribution < 1.29 is 10.2 Å². The molecule has 1 saturated carbocycles. The highest BCUT2D eigenvalue weighted by Crippen LogP contribution is 2.38. The van der Waals surface area contributed by atoms with Crippen molar-refractivity contribution in [2.45, 2.75) is 58.2 Å². The molecule has 13 heavy (non-hydrogen) atoms. The lowest BCUT2D eigenvalue weighted by Gasteiger charge is -2.28. The average Bonchev–Trinajstić information content (AvgIpc) is 2.30. The summed E-state index contributed by atoms with van der Waals surface area (Å²) in [6, 6.07) is 0. The zero-order chi connectivity index (χ0) is 10.1. The van der Waals surface area contributed by atoms with Gasteiger partial charge >= 0.3 is 0 Å². The van der Waals surface area contributed by atoms with Crippen LogP contribution in [-0.2, 0) is 0 Å². The highest BCUT2D eigenvalue weighted by atomic mass is 16.3. The monoisotopic (exact) mass is 186 g/mol. The average molecular weight is 186 g/mol. The maximum absolute atomic E-state index is 9.97. The fourth-order valence-electron chi connectivity index (χ4n) is 2.16. The second-order valence-electron chi connectivity index (χ2n) is 4.99. The summed E-state index contributed by atoms with van der Waals surface area (Å²) in [5, 5.41) is 19.7. The Labute approximate surface area is 81.0 Å². The lowest BCUT2D eigenvalue weighted by molar-refractivity contribution is -0.00912. The van der Waals surface area contributed by atoms with Gasteiger partial charge in [0.1, 0.15) is 0 Å². The van der Waals surface area contributed by atoms with Crippen molar-refractivity contribution in [2.75, 3.05) is 0 Å². The van der Waals surface area contributed by atoms with Crippen molar-refractivity contribution in [1.29, 1.82) is 0 Å². The maximum Gasteiger partial charge on any atom is 0.0648 e. The molecule has 2 N–H and O–H groups in total. The molecule has 78 valence electrons. The number of rotatable bonds is 3. The van der Waals surface area contributed by atoms with E-state index >= 15 is 0 Å². The van der Waals surface area contributed by atoms with E-state index in [0.717, 1.165) is 25.7 Å². The van der Waals surface area contributed by atoms with Crippen LogP contribution < -0.4 is 0 Å². The van der Waals surface area contributed by atoms with Gasteiger partial charge in [0.25, 0.3) is 0 Å². The van der Waals surface area contributed by atoms with Crippen molar-refractivity contribution in [3.8, 4) is 0 Å². The molecule has 0 radical (unpaired) electrons. The minimum atomic E-state index is -0.532. The Kier molecular flexibility index (Phi) is 3.36. The summed E-state index contributed by atoms with van der Waals surface area (Å²) in [7, 11) is 0. The maximum atomic E-state index is 9.97. The molecule has 0 spiro atoms.